The van der Waals surface area contributed by atoms with Crippen LogP contribution in [0.5, 0.6) is 0 Å². The third kappa shape index (κ3) is 3.89. The number of nitrogens with one attached hydrogen (secondary N) is 1. The van der Waals surface area contributed by atoms with Gasteiger partial charge >= 0.3 is 0 Å². The van der Waals surface area contributed by atoms with Crippen molar-refractivity contribution in [2.24, 2.45) is 5.92 Å². The quantitative estimate of drug-likeness (QED) is 0.875. The minimum absolute atomic E-state index is 0.0252. The Morgan fingerprint density at radius 1 is 1.18 bits per heavy atom. The number of hydrogen-bond acceptors (Lipinski definition) is 2. The van der Waals surface area contributed by atoms with Crippen molar-refractivity contribution in [1.82, 2.24) is 10.2 Å². The first-order chi connectivity index (χ1) is 10.8. The van der Waals surface area contributed by atoms with Gasteiger partial charge in [0.1, 0.15) is 0 Å². The van der Waals surface area contributed by atoms with Gasteiger partial charge in [-0.1, -0.05) is 37.3 Å². The van der Waals surface area contributed by atoms with Gasteiger partial charge in [0.05, 0.1) is 5.92 Å². The minimum atomic E-state index is 0.0252. The summed E-state index contributed by atoms with van der Waals surface area (Å²) in [6, 6.07) is 10.8. The van der Waals surface area contributed by atoms with Crippen LogP contribution in [0, 0.1) is 5.92 Å². The first kappa shape index (κ1) is 15.5. The van der Waals surface area contributed by atoms with E-state index in [0.29, 0.717) is 11.9 Å². The van der Waals surface area contributed by atoms with Crippen molar-refractivity contribution in [3.05, 3.63) is 35.9 Å². The fourth-order valence-corrected chi connectivity index (χ4v) is 3.42. The first-order valence-corrected chi connectivity index (χ1v) is 8.85. The molecular weight excluding hydrogens is 272 g/mol. The Balaban J connectivity index is 1.51. The molecule has 1 aliphatic heterocycles. The van der Waals surface area contributed by atoms with Gasteiger partial charge in [0, 0.05) is 19.1 Å². The molecule has 1 heterocycles. The largest absolute Gasteiger partial charge is 0.342 e. The van der Waals surface area contributed by atoms with Crippen LogP contribution in [-0.4, -0.2) is 36.5 Å². The zero-order chi connectivity index (χ0) is 15.4. The molecule has 0 radical (unpaired) electrons. The molecule has 3 nitrogen and oxygen atoms in total. The van der Waals surface area contributed by atoms with Crippen molar-refractivity contribution >= 4 is 5.91 Å². The topological polar surface area (TPSA) is 32.3 Å². The second-order valence-corrected chi connectivity index (χ2v) is 6.82. The van der Waals surface area contributed by atoms with Gasteiger partial charge in [0.2, 0.25) is 5.91 Å². The Kier molecular flexibility index (Phi) is 5.14. The van der Waals surface area contributed by atoms with Gasteiger partial charge < -0.3 is 10.2 Å². The SMILES string of the molecule is CCC(C(=O)N1CCC(NCC2CC2)CC1)c1ccccc1. The van der Waals surface area contributed by atoms with Gasteiger partial charge in [-0.05, 0) is 50.1 Å². The van der Waals surface area contributed by atoms with Crippen molar-refractivity contribution in [1.29, 1.82) is 0 Å². The number of benzene rings is 1. The van der Waals surface area contributed by atoms with Crippen molar-refractivity contribution in [3.8, 4) is 0 Å². The molecule has 1 aromatic rings. The highest BCUT2D eigenvalue weighted by molar-refractivity contribution is 5.83. The van der Waals surface area contributed by atoms with Crippen LogP contribution in [0.2, 0.25) is 0 Å². The Labute approximate surface area is 134 Å². The molecular formula is C19H28N2O. The Bertz CT molecular complexity index is 475. The molecule has 3 heteroatoms. The van der Waals surface area contributed by atoms with Crippen molar-refractivity contribution in [2.45, 2.75) is 51.0 Å². The molecule has 2 aliphatic rings. The molecule has 3 rings (SSSR count). The summed E-state index contributed by atoms with van der Waals surface area (Å²) in [5.74, 6) is 1.27. The summed E-state index contributed by atoms with van der Waals surface area (Å²) in [6.45, 7) is 5.11. The van der Waals surface area contributed by atoms with Gasteiger partial charge in [-0.25, -0.2) is 0 Å². The predicted octanol–water partition coefficient (Wildman–Crippen LogP) is 3.17. The van der Waals surface area contributed by atoms with E-state index >= 15 is 0 Å². The molecule has 1 N–H and O–H groups in total. The molecule has 1 saturated carbocycles. The molecule has 0 bridgehead atoms. The first-order valence-electron chi connectivity index (χ1n) is 8.85. The number of piperidine rings is 1. The standard InChI is InChI=1S/C19H28N2O/c1-2-18(16-6-4-3-5-7-16)19(22)21-12-10-17(11-13-21)20-14-15-8-9-15/h3-7,15,17-18,20H,2,8-14H2,1H3. The predicted molar refractivity (Wildman–Crippen MR) is 89.8 cm³/mol. The summed E-state index contributed by atoms with van der Waals surface area (Å²) in [5.41, 5.74) is 1.16. The van der Waals surface area contributed by atoms with Gasteiger partial charge in [-0.15, -0.1) is 0 Å². The molecule has 22 heavy (non-hydrogen) atoms. The Morgan fingerprint density at radius 2 is 1.86 bits per heavy atom. The zero-order valence-electron chi connectivity index (χ0n) is 13.6. The van der Waals surface area contributed by atoms with E-state index < -0.39 is 0 Å². The zero-order valence-corrected chi connectivity index (χ0v) is 13.6. The molecule has 1 unspecified atom stereocenters. The maximum atomic E-state index is 12.8. The second kappa shape index (κ2) is 7.28. The van der Waals surface area contributed by atoms with Gasteiger partial charge in [-0.2, -0.15) is 0 Å². The van der Waals surface area contributed by atoms with Crippen LogP contribution >= 0.6 is 0 Å². The Morgan fingerprint density at radius 3 is 2.45 bits per heavy atom. The number of likely N-dealkylation sites (tertiary alicyclic amines) is 1. The number of carbonyl (C=O) groups is 1. The summed E-state index contributed by atoms with van der Waals surface area (Å²) >= 11 is 0. The summed E-state index contributed by atoms with van der Waals surface area (Å²) in [5, 5.41) is 3.68. The van der Waals surface area contributed by atoms with E-state index in [2.05, 4.69) is 29.3 Å². The van der Waals surface area contributed by atoms with E-state index in [0.717, 1.165) is 43.8 Å². The molecule has 0 aromatic heterocycles. The van der Waals surface area contributed by atoms with Gasteiger partial charge in [0.15, 0.2) is 0 Å². The van der Waals surface area contributed by atoms with Crippen molar-refractivity contribution in [2.75, 3.05) is 19.6 Å². The monoisotopic (exact) mass is 300 g/mol. The number of carbonyl (C=O) groups excluding carboxylic acids is 1. The maximum Gasteiger partial charge on any atom is 0.230 e. The highest BCUT2D eigenvalue weighted by atomic mass is 16.2. The number of rotatable bonds is 6. The lowest BCUT2D eigenvalue weighted by Crippen LogP contribution is -2.46. The van der Waals surface area contributed by atoms with Crippen LogP contribution in [0.25, 0.3) is 0 Å². The lowest BCUT2D eigenvalue weighted by atomic mass is 9.93. The molecule has 1 aliphatic carbocycles. The van der Waals surface area contributed by atoms with Crippen molar-refractivity contribution < 1.29 is 4.79 Å². The number of hydrogen-bond donors (Lipinski definition) is 1. The van der Waals surface area contributed by atoms with Crippen LogP contribution in [0.3, 0.4) is 0 Å². The van der Waals surface area contributed by atoms with Crippen molar-refractivity contribution in [3.63, 3.8) is 0 Å². The van der Waals surface area contributed by atoms with E-state index in [9.17, 15) is 4.79 Å². The average Bonchev–Trinajstić information content (AvgIpc) is 3.39. The third-order valence-corrected chi connectivity index (χ3v) is 5.11. The van der Waals surface area contributed by atoms with Crippen LogP contribution < -0.4 is 5.32 Å². The molecule has 2 fully saturated rings. The molecule has 0 spiro atoms. The summed E-state index contributed by atoms with van der Waals surface area (Å²) < 4.78 is 0. The molecule has 1 saturated heterocycles. The summed E-state index contributed by atoms with van der Waals surface area (Å²) in [6.07, 6.45) is 5.88. The van der Waals surface area contributed by atoms with E-state index in [1.165, 1.54) is 19.4 Å². The fourth-order valence-electron chi connectivity index (χ4n) is 3.42. The Hall–Kier alpha value is -1.35. The normalized spacial score (nSPS) is 20.9. The van der Waals surface area contributed by atoms with Crippen LogP contribution in [0.15, 0.2) is 30.3 Å². The summed E-state index contributed by atoms with van der Waals surface area (Å²) in [4.78, 5) is 14.9. The van der Waals surface area contributed by atoms with Crippen LogP contribution in [0.4, 0.5) is 0 Å². The molecule has 120 valence electrons. The van der Waals surface area contributed by atoms with Gasteiger partial charge in [-0.3, -0.25) is 4.79 Å². The van der Waals surface area contributed by atoms with Crippen LogP contribution in [-0.2, 0) is 4.79 Å². The van der Waals surface area contributed by atoms with Gasteiger partial charge in [0.25, 0.3) is 0 Å². The molecule has 1 aromatic carbocycles. The lowest BCUT2D eigenvalue weighted by Gasteiger charge is -2.34. The fraction of sp³-hybridized carbons (Fsp3) is 0.632. The van der Waals surface area contributed by atoms with Crippen LogP contribution in [0.1, 0.15) is 50.5 Å². The van der Waals surface area contributed by atoms with E-state index in [1.807, 2.05) is 18.2 Å². The molecule has 1 amide bonds. The lowest BCUT2D eigenvalue weighted by molar-refractivity contribution is -0.134. The van der Waals surface area contributed by atoms with E-state index in [4.69, 9.17) is 0 Å². The number of amides is 1. The summed E-state index contributed by atoms with van der Waals surface area (Å²) in [7, 11) is 0. The van der Waals surface area contributed by atoms with E-state index in [1.54, 1.807) is 0 Å². The smallest absolute Gasteiger partial charge is 0.230 e. The number of nitrogens with zero attached hydrogens (tertiary/aromatic N) is 1. The maximum absolute atomic E-state index is 12.8. The highest BCUT2D eigenvalue weighted by Crippen LogP contribution is 2.28. The van der Waals surface area contributed by atoms with E-state index in [-0.39, 0.29) is 5.92 Å². The molecule has 1 atom stereocenters. The average molecular weight is 300 g/mol. The third-order valence-electron chi connectivity index (χ3n) is 5.11. The minimum Gasteiger partial charge on any atom is -0.342 e. The highest BCUT2D eigenvalue weighted by Gasteiger charge is 2.29. The second-order valence-electron chi connectivity index (χ2n) is 6.82.